The van der Waals surface area contributed by atoms with Gasteiger partial charge in [-0.2, -0.15) is 5.10 Å². The van der Waals surface area contributed by atoms with E-state index in [1.807, 2.05) is 0 Å². The first-order valence-corrected chi connectivity index (χ1v) is 10.1. The summed E-state index contributed by atoms with van der Waals surface area (Å²) in [6, 6.07) is 16.2. The van der Waals surface area contributed by atoms with Gasteiger partial charge in [0.15, 0.2) is 23.0 Å². The first kappa shape index (κ1) is 24.1. The van der Waals surface area contributed by atoms with Crippen LogP contribution >= 0.6 is 0 Å². The number of methoxy groups -OCH3 is 4. The number of benzene rings is 3. The van der Waals surface area contributed by atoms with Crippen molar-refractivity contribution in [2.24, 2.45) is 5.10 Å². The van der Waals surface area contributed by atoms with Gasteiger partial charge in [0.25, 0.3) is 5.91 Å². The molecule has 0 unspecified atom stereocenters. The van der Waals surface area contributed by atoms with E-state index in [0.717, 1.165) is 0 Å². The summed E-state index contributed by atoms with van der Waals surface area (Å²) in [4.78, 5) is 24.8. The molecule has 34 heavy (non-hydrogen) atoms. The monoisotopic (exact) mass is 464 g/mol. The molecule has 1 N–H and O–H groups in total. The fourth-order valence-electron chi connectivity index (χ4n) is 2.94. The van der Waals surface area contributed by atoms with Gasteiger partial charge >= 0.3 is 5.97 Å². The van der Waals surface area contributed by atoms with Crippen LogP contribution in [-0.4, -0.2) is 46.5 Å². The van der Waals surface area contributed by atoms with Gasteiger partial charge in [0, 0.05) is 5.56 Å². The highest BCUT2D eigenvalue weighted by Crippen LogP contribution is 2.29. The van der Waals surface area contributed by atoms with Gasteiger partial charge in [0.2, 0.25) is 0 Å². The Morgan fingerprint density at radius 3 is 1.97 bits per heavy atom. The van der Waals surface area contributed by atoms with Crippen LogP contribution in [-0.2, 0) is 0 Å². The molecule has 9 heteroatoms. The van der Waals surface area contributed by atoms with E-state index in [1.165, 1.54) is 27.5 Å². The van der Waals surface area contributed by atoms with Crippen LogP contribution in [0.1, 0.15) is 26.3 Å². The summed E-state index contributed by atoms with van der Waals surface area (Å²) in [6.07, 6.45) is 1.44. The third-order valence-corrected chi connectivity index (χ3v) is 4.74. The van der Waals surface area contributed by atoms with E-state index in [4.69, 9.17) is 23.7 Å². The van der Waals surface area contributed by atoms with Crippen LogP contribution in [0.5, 0.6) is 28.7 Å². The Labute approximate surface area is 196 Å². The lowest BCUT2D eigenvalue weighted by Crippen LogP contribution is -2.17. The molecule has 0 saturated carbocycles. The number of hydrogen-bond acceptors (Lipinski definition) is 8. The first-order chi connectivity index (χ1) is 16.5. The Morgan fingerprint density at radius 2 is 1.32 bits per heavy atom. The number of hydrogen-bond donors (Lipinski definition) is 1. The number of carbonyl (C=O) groups excluding carboxylic acids is 2. The van der Waals surface area contributed by atoms with Crippen LogP contribution < -0.4 is 29.1 Å². The smallest absolute Gasteiger partial charge is 0.343 e. The van der Waals surface area contributed by atoms with Crippen molar-refractivity contribution >= 4 is 18.1 Å². The quantitative estimate of drug-likeness (QED) is 0.223. The van der Waals surface area contributed by atoms with Crippen molar-refractivity contribution in [1.82, 2.24) is 5.43 Å². The van der Waals surface area contributed by atoms with Crippen LogP contribution in [0.2, 0.25) is 0 Å². The van der Waals surface area contributed by atoms with Crippen LogP contribution in [0, 0.1) is 0 Å². The molecular weight excluding hydrogens is 440 g/mol. The van der Waals surface area contributed by atoms with Crippen molar-refractivity contribution in [3.05, 3.63) is 77.4 Å². The normalized spacial score (nSPS) is 10.5. The summed E-state index contributed by atoms with van der Waals surface area (Å²) in [6.45, 7) is 0. The van der Waals surface area contributed by atoms with E-state index in [2.05, 4.69) is 10.5 Å². The molecular formula is C25H24N2O7. The molecule has 0 heterocycles. The Balaban J connectivity index is 1.66. The SMILES string of the molecule is COc1ccc(C(=O)Oc2ccc(/C=N/NC(=O)c3ccc(OC)c(OC)c3)cc2OC)cc1. The van der Waals surface area contributed by atoms with Crippen molar-refractivity contribution in [2.45, 2.75) is 0 Å². The number of nitrogens with zero attached hydrogens (tertiary/aromatic N) is 1. The van der Waals surface area contributed by atoms with Crippen LogP contribution in [0.15, 0.2) is 65.8 Å². The highest BCUT2D eigenvalue weighted by atomic mass is 16.6. The van der Waals surface area contributed by atoms with Crippen molar-refractivity contribution in [3.63, 3.8) is 0 Å². The molecule has 0 aliphatic rings. The lowest BCUT2D eigenvalue weighted by atomic mass is 10.2. The van der Waals surface area contributed by atoms with Gasteiger partial charge < -0.3 is 23.7 Å². The average Bonchev–Trinajstić information content (AvgIpc) is 2.88. The van der Waals surface area contributed by atoms with Gasteiger partial charge in [-0.25, -0.2) is 10.2 Å². The zero-order valence-electron chi connectivity index (χ0n) is 19.2. The number of hydrazone groups is 1. The van der Waals surface area contributed by atoms with Gasteiger partial charge in [-0.1, -0.05) is 0 Å². The lowest BCUT2D eigenvalue weighted by Gasteiger charge is -2.10. The highest BCUT2D eigenvalue weighted by Gasteiger charge is 2.13. The summed E-state index contributed by atoms with van der Waals surface area (Å²) in [5.41, 5.74) is 3.79. The predicted molar refractivity (Wildman–Crippen MR) is 126 cm³/mol. The molecule has 3 aromatic rings. The molecule has 0 atom stereocenters. The molecule has 3 aromatic carbocycles. The first-order valence-electron chi connectivity index (χ1n) is 10.1. The molecule has 1 amide bonds. The fraction of sp³-hybridized carbons (Fsp3) is 0.160. The van der Waals surface area contributed by atoms with Gasteiger partial charge in [-0.05, 0) is 66.2 Å². The second-order valence-electron chi connectivity index (χ2n) is 6.80. The summed E-state index contributed by atoms with van der Waals surface area (Å²) in [5, 5.41) is 3.97. The van der Waals surface area contributed by atoms with Gasteiger partial charge in [-0.15, -0.1) is 0 Å². The molecule has 0 aliphatic heterocycles. The number of amides is 1. The van der Waals surface area contributed by atoms with E-state index in [1.54, 1.807) is 67.8 Å². The second kappa shape index (κ2) is 11.4. The maximum Gasteiger partial charge on any atom is 0.343 e. The van der Waals surface area contributed by atoms with E-state index >= 15 is 0 Å². The Hall–Kier alpha value is -4.53. The Kier molecular flexibility index (Phi) is 8.07. The number of ether oxygens (including phenoxy) is 5. The minimum absolute atomic E-state index is 0.245. The number of nitrogens with one attached hydrogen (secondary N) is 1. The summed E-state index contributed by atoms with van der Waals surface area (Å²) < 4.78 is 26.2. The van der Waals surface area contributed by atoms with Gasteiger partial charge in [-0.3, -0.25) is 4.79 Å². The predicted octanol–water partition coefficient (Wildman–Crippen LogP) is 3.70. The molecule has 0 saturated heterocycles. The number of rotatable bonds is 9. The topological polar surface area (TPSA) is 105 Å². The zero-order valence-corrected chi connectivity index (χ0v) is 19.2. The standard InChI is InChI=1S/C25H24N2O7/c1-30-19-9-6-17(7-10-19)25(29)34-21-11-5-16(13-22(21)32-3)15-26-27-24(28)18-8-12-20(31-2)23(14-18)33-4/h5-15H,1-4H3,(H,27,28)/b26-15+. The minimum Gasteiger partial charge on any atom is -0.497 e. The van der Waals surface area contributed by atoms with E-state index in [0.29, 0.717) is 39.7 Å². The van der Waals surface area contributed by atoms with E-state index < -0.39 is 11.9 Å². The highest BCUT2D eigenvalue weighted by molar-refractivity contribution is 5.95. The molecule has 0 aromatic heterocycles. The molecule has 0 spiro atoms. The van der Waals surface area contributed by atoms with Gasteiger partial charge in [0.1, 0.15) is 5.75 Å². The number of carbonyl (C=O) groups is 2. The van der Waals surface area contributed by atoms with Crippen LogP contribution in [0.4, 0.5) is 0 Å². The summed E-state index contributed by atoms with van der Waals surface area (Å²) >= 11 is 0. The minimum atomic E-state index is -0.537. The maximum absolute atomic E-state index is 12.4. The largest absolute Gasteiger partial charge is 0.497 e. The fourth-order valence-corrected chi connectivity index (χ4v) is 2.94. The molecule has 9 nitrogen and oxygen atoms in total. The second-order valence-corrected chi connectivity index (χ2v) is 6.80. The lowest BCUT2D eigenvalue weighted by molar-refractivity contribution is 0.0729. The van der Waals surface area contributed by atoms with Crippen LogP contribution in [0.3, 0.4) is 0 Å². The third-order valence-electron chi connectivity index (χ3n) is 4.74. The third kappa shape index (κ3) is 5.83. The Bertz CT molecular complexity index is 1190. The maximum atomic E-state index is 12.4. The van der Waals surface area contributed by atoms with Crippen LogP contribution in [0.25, 0.3) is 0 Å². The number of esters is 1. The Morgan fingerprint density at radius 1 is 0.706 bits per heavy atom. The van der Waals surface area contributed by atoms with Crippen molar-refractivity contribution in [3.8, 4) is 28.7 Å². The van der Waals surface area contributed by atoms with Crippen molar-refractivity contribution < 1.29 is 33.3 Å². The molecule has 0 radical (unpaired) electrons. The molecule has 176 valence electrons. The van der Waals surface area contributed by atoms with E-state index in [9.17, 15) is 9.59 Å². The molecule has 0 bridgehead atoms. The molecule has 0 fully saturated rings. The van der Waals surface area contributed by atoms with Crippen molar-refractivity contribution in [2.75, 3.05) is 28.4 Å². The van der Waals surface area contributed by atoms with Crippen molar-refractivity contribution in [1.29, 1.82) is 0 Å². The molecule has 3 rings (SSSR count). The van der Waals surface area contributed by atoms with Gasteiger partial charge in [0.05, 0.1) is 40.2 Å². The summed E-state index contributed by atoms with van der Waals surface area (Å²) in [7, 11) is 6.01. The molecule has 0 aliphatic carbocycles. The summed E-state index contributed by atoms with van der Waals surface area (Å²) in [5.74, 6) is 1.20. The zero-order chi connectivity index (χ0) is 24.5. The van der Waals surface area contributed by atoms with E-state index in [-0.39, 0.29) is 5.75 Å². The average molecular weight is 464 g/mol.